The van der Waals surface area contributed by atoms with Crippen molar-refractivity contribution in [3.05, 3.63) is 29.3 Å². The molecule has 5 nitrogen and oxygen atoms in total. The van der Waals surface area contributed by atoms with Crippen LogP contribution in [-0.2, 0) is 20.7 Å². The first-order valence-electron chi connectivity index (χ1n) is 14.1. The molecule has 2 saturated carbocycles. The summed E-state index contributed by atoms with van der Waals surface area (Å²) < 4.78 is 11.6. The second-order valence-corrected chi connectivity index (χ2v) is 11.4. The fraction of sp³-hybridized carbons (Fsp3) is 0.733. The van der Waals surface area contributed by atoms with E-state index in [9.17, 15) is 14.7 Å². The van der Waals surface area contributed by atoms with Crippen LogP contribution in [0.2, 0.25) is 0 Å². The molecule has 0 spiro atoms. The molecule has 0 aliphatic heterocycles. The molecule has 3 aliphatic carbocycles. The number of hydrogen-bond donors (Lipinski definition) is 1. The van der Waals surface area contributed by atoms with Gasteiger partial charge in [-0.05, 0) is 86.0 Å². The summed E-state index contributed by atoms with van der Waals surface area (Å²) in [6.07, 6.45) is 10.7. The minimum Gasteiger partial charge on any atom is -0.459 e. The Hall–Kier alpha value is -1.88. The quantitative estimate of drug-likeness (QED) is 0.233. The van der Waals surface area contributed by atoms with Gasteiger partial charge in [0.25, 0.3) is 0 Å². The van der Waals surface area contributed by atoms with Crippen LogP contribution in [0, 0.1) is 17.3 Å². The third kappa shape index (κ3) is 5.60. The summed E-state index contributed by atoms with van der Waals surface area (Å²) in [6.45, 7) is 6.49. The maximum Gasteiger partial charge on any atom is 0.311 e. The van der Waals surface area contributed by atoms with E-state index in [2.05, 4.69) is 32.9 Å². The molecule has 0 radical (unpaired) electrons. The SMILES string of the molecule is CCCCCC(=O)Oc1ccc2c(c1)CC[C@@H]1[C@@H]2CC[C@@]2(C)[C@H]1C[C@@H](O)[C@@H]2OC(=O)CCCCC. The molecule has 5 heteroatoms. The van der Waals surface area contributed by atoms with Gasteiger partial charge in [-0.2, -0.15) is 0 Å². The highest BCUT2D eigenvalue weighted by atomic mass is 16.6. The normalized spacial score (nSPS) is 31.3. The highest BCUT2D eigenvalue weighted by molar-refractivity contribution is 5.72. The van der Waals surface area contributed by atoms with Gasteiger partial charge in [0.05, 0.1) is 6.10 Å². The zero-order valence-corrected chi connectivity index (χ0v) is 21.9. The van der Waals surface area contributed by atoms with E-state index >= 15 is 0 Å². The molecule has 0 heterocycles. The molecule has 1 N–H and O–H groups in total. The minimum absolute atomic E-state index is 0.143. The van der Waals surface area contributed by atoms with Crippen molar-refractivity contribution in [3.63, 3.8) is 0 Å². The average Bonchev–Trinajstić information content (AvgIpc) is 3.09. The molecular formula is C30H44O5. The molecule has 0 amide bonds. The summed E-state index contributed by atoms with van der Waals surface area (Å²) in [5, 5.41) is 11.0. The van der Waals surface area contributed by atoms with Crippen LogP contribution in [0.4, 0.5) is 0 Å². The number of aryl methyl sites for hydroxylation is 1. The summed E-state index contributed by atoms with van der Waals surface area (Å²) >= 11 is 0. The summed E-state index contributed by atoms with van der Waals surface area (Å²) in [4.78, 5) is 24.7. The Kier molecular flexibility index (Phi) is 8.57. The van der Waals surface area contributed by atoms with E-state index in [1.54, 1.807) is 0 Å². The number of carbonyl (C=O) groups is 2. The third-order valence-corrected chi connectivity index (χ3v) is 9.09. The molecule has 1 aromatic carbocycles. The number of esters is 2. The smallest absolute Gasteiger partial charge is 0.311 e. The molecule has 35 heavy (non-hydrogen) atoms. The van der Waals surface area contributed by atoms with Gasteiger partial charge in [-0.3, -0.25) is 9.59 Å². The minimum atomic E-state index is -0.574. The lowest BCUT2D eigenvalue weighted by Crippen LogP contribution is -2.46. The number of aliphatic hydroxyl groups is 1. The summed E-state index contributed by atoms with van der Waals surface area (Å²) in [5.41, 5.74) is 2.52. The van der Waals surface area contributed by atoms with Crippen molar-refractivity contribution < 1.29 is 24.2 Å². The Labute approximate surface area is 211 Å². The lowest BCUT2D eigenvalue weighted by Gasteiger charge is -2.50. The fourth-order valence-corrected chi connectivity index (χ4v) is 7.23. The number of benzene rings is 1. The van der Waals surface area contributed by atoms with Crippen molar-refractivity contribution in [2.45, 2.75) is 122 Å². The monoisotopic (exact) mass is 484 g/mol. The molecule has 0 saturated heterocycles. The Bertz CT molecular complexity index is 895. The topological polar surface area (TPSA) is 72.8 Å². The van der Waals surface area contributed by atoms with Gasteiger partial charge < -0.3 is 14.6 Å². The summed E-state index contributed by atoms with van der Waals surface area (Å²) in [5.74, 6) is 1.66. The number of aliphatic hydroxyl groups excluding tert-OH is 1. The van der Waals surface area contributed by atoms with Gasteiger partial charge in [0.15, 0.2) is 0 Å². The molecule has 4 rings (SSSR count). The number of unbranched alkanes of at least 4 members (excludes halogenated alkanes) is 4. The van der Waals surface area contributed by atoms with Gasteiger partial charge in [0, 0.05) is 18.3 Å². The van der Waals surface area contributed by atoms with Crippen LogP contribution in [0.3, 0.4) is 0 Å². The van der Waals surface area contributed by atoms with Crippen molar-refractivity contribution in [2.24, 2.45) is 17.3 Å². The Morgan fingerprint density at radius 1 is 1.03 bits per heavy atom. The maximum absolute atomic E-state index is 12.5. The average molecular weight is 485 g/mol. The fourth-order valence-electron chi connectivity index (χ4n) is 7.23. The first-order valence-corrected chi connectivity index (χ1v) is 14.1. The molecule has 2 fully saturated rings. The molecule has 0 aromatic heterocycles. The molecule has 3 aliphatic rings. The van der Waals surface area contributed by atoms with Crippen molar-refractivity contribution >= 4 is 11.9 Å². The van der Waals surface area contributed by atoms with Gasteiger partial charge in [-0.15, -0.1) is 0 Å². The van der Waals surface area contributed by atoms with E-state index in [0.29, 0.717) is 42.8 Å². The van der Waals surface area contributed by atoms with Gasteiger partial charge in [0.2, 0.25) is 0 Å². The van der Waals surface area contributed by atoms with Crippen LogP contribution in [-0.4, -0.2) is 29.3 Å². The van der Waals surface area contributed by atoms with Gasteiger partial charge in [-0.1, -0.05) is 52.5 Å². The van der Waals surface area contributed by atoms with Crippen LogP contribution in [0.5, 0.6) is 5.75 Å². The predicted octanol–water partition coefficient (Wildman–Crippen LogP) is 6.49. The van der Waals surface area contributed by atoms with Crippen molar-refractivity contribution in [1.82, 2.24) is 0 Å². The first-order chi connectivity index (χ1) is 16.9. The number of rotatable bonds is 10. The molecule has 0 bridgehead atoms. The molecule has 194 valence electrons. The zero-order valence-electron chi connectivity index (χ0n) is 21.9. The predicted molar refractivity (Wildman–Crippen MR) is 136 cm³/mol. The van der Waals surface area contributed by atoms with Crippen LogP contribution in [0.1, 0.15) is 115 Å². The first kappa shape index (κ1) is 26.2. The van der Waals surface area contributed by atoms with Crippen LogP contribution in [0.15, 0.2) is 18.2 Å². The van der Waals surface area contributed by atoms with Crippen molar-refractivity contribution in [2.75, 3.05) is 0 Å². The largest absolute Gasteiger partial charge is 0.459 e. The van der Waals surface area contributed by atoms with Gasteiger partial charge >= 0.3 is 11.9 Å². The second kappa shape index (κ2) is 11.5. The summed E-state index contributed by atoms with van der Waals surface area (Å²) in [6, 6.07) is 6.19. The number of hydrogen-bond acceptors (Lipinski definition) is 5. The standard InChI is InChI=1S/C30H44O5/c1-4-6-8-10-27(32)34-21-13-15-22-20(18-21)12-14-24-23(22)16-17-30(3)25(24)19-26(31)29(30)35-28(33)11-9-7-5-2/h13,15,18,23-26,29,31H,4-12,14,16-17,19H2,1-3H3/t23-,24-,25+,26-,29+,30+/m1/s1. The van der Waals surface area contributed by atoms with Crippen LogP contribution < -0.4 is 4.74 Å². The van der Waals surface area contributed by atoms with Crippen LogP contribution >= 0.6 is 0 Å². The third-order valence-electron chi connectivity index (χ3n) is 9.09. The van der Waals surface area contributed by atoms with Gasteiger partial charge in [-0.25, -0.2) is 0 Å². The van der Waals surface area contributed by atoms with E-state index in [-0.39, 0.29) is 17.4 Å². The molecule has 6 atom stereocenters. The van der Waals surface area contributed by atoms with E-state index in [1.807, 2.05) is 6.07 Å². The lowest BCUT2D eigenvalue weighted by atomic mass is 9.55. The van der Waals surface area contributed by atoms with E-state index < -0.39 is 12.2 Å². The lowest BCUT2D eigenvalue weighted by molar-refractivity contribution is -0.164. The number of ether oxygens (including phenoxy) is 2. The van der Waals surface area contributed by atoms with Crippen molar-refractivity contribution in [1.29, 1.82) is 0 Å². The van der Waals surface area contributed by atoms with E-state index in [0.717, 1.165) is 64.2 Å². The highest BCUT2D eigenvalue weighted by Crippen LogP contribution is 2.61. The Morgan fingerprint density at radius 3 is 2.46 bits per heavy atom. The molecule has 1 aromatic rings. The number of carbonyl (C=O) groups excluding carboxylic acids is 2. The second-order valence-electron chi connectivity index (χ2n) is 11.4. The van der Waals surface area contributed by atoms with E-state index in [1.165, 1.54) is 11.1 Å². The number of fused-ring (bicyclic) bond motifs is 5. The maximum atomic E-state index is 12.5. The van der Waals surface area contributed by atoms with Gasteiger partial charge in [0.1, 0.15) is 11.9 Å². The van der Waals surface area contributed by atoms with Crippen LogP contribution in [0.25, 0.3) is 0 Å². The Balaban J connectivity index is 1.42. The summed E-state index contributed by atoms with van der Waals surface area (Å²) in [7, 11) is 0. The highest BCUT2D eigenvalue weighted by Gasteiger charge is 2.59. The van der Waals surface area contributed by atoms with E-state index in [4.69, 9.17) is 9.47 Å². The molecule has 0 unspecified atom stereocenters. The Morgan fingerprint density at radius 2 is 1.74 bits per heavy atom. The zero-order chi connectivity index (χ0) is 25.0. The molecular weight excluding hydrogens is 440 g/mol. The van der Waals surface area contributed by atoms with Crippen molar-refractivity contribution in [3.8, 4) is 5.75 Å².